The van der Waals surface area contributed by atoms with E-state index in [0.717, 1.165) is 30.2 Å². The van der Waals surface area contributed by atoms with E-state index < -0.39 is 0 Å². The molecule has 0 amide bonds. The topological polar surface area (TPSA) is 49.9 Å². The monoisotopic (exact) mass is 245 g/mol. The summed E-state index contributed by atoms with van der Waals surface area (Å²) in [7, 11) is 0. The maximum Gasteiger partial charge on any atom is 0.142 e. The van der Waals surface area contributed by atoms with Gasteiger partial charge in [0.1, 0.15) is 5.75 Å². The van der Waals surface area contributed by atoms with Crippen LogP contribution in [-0.2, 0) is 6.54 Å². The molecule has 0 spiro atoms. The average Bonchev–Trinajstić information content (AvgIpc) is 2.88. The molecule has 2 rings (SSSR count). The van der Waals surface area contributed by atoms with E-state index in [2.05, 4.69) is 47.6 Å². The molecule has 1 aromatic carbocycles. The molecule has 1 heterocycles. The molecular formula is C14H19N3O. The van der Waals surface area contributed by atoms with Gasteiger partial charge in [-0.3, -0.25) is 5.10 Å². The van der Waals surface area contributed by atoms with Crippen LogP contribution < -0.4 is 10.1 Å². The van der Waals surface area contributed by atoms with Crippen LogP contribution >= 0.6 is 0 Å². The summed E-state index contributed by atoms with van der Waals surface area (Å²) in [6.45, 7) is 5.62. The normalized spacial score (nSPS) is 10.3. The van der Waals surface area contributed by atoms with Crippen molar-refractivity contribution in [3.8, 4) is 5.75 Å². The number of ether oxygens (including phenoxy) is 1. The highest BCUT2D eigenvalue weighted by molar-refractivity contribution is 5.57. The van der Waals surface area contributed by atoms with Gasteiger partial charge in [0.2, 0.25) is 0 Å². The Bertz CT molecular complexity index is 480. The standard InChI is InChI=1S/C14H19N3O/c1-3-8-18-14-9-11(2)4-5-13(14)15-10-12-6-7-16-17-12/h4-7,9,15H,3,8,10H2,1-2H3,(H,16,17). The molecule has 0 saturated carbocycles. The van der Waals surface area contributed by atoms with E-state index in [9.17, 15) is 0 Å². The molecule has 0 saturated heterocycles. The molecule has 4 heteroatoms. The fraction of sp³-hybridized carbons (Fsp3) is 0.357. The molecule has 0 unspecified atom stereocenters. The molecule has 0 atom stereocenters. The van der Waals surface area contributed by atoms with Gasteiger partial charge in [-0.15, -0.1) is 0 Å². The molecule has 0 aliphatic carbocycles. The Morgan fingerprint density at radius 3 is 2.94 bits per heavy atom. The Labute approximate surface area is 107 Å². The summed E-state index contributed by atoms with van der Waals surface area (Å²) >= 11 is 0. The number of H-pyrrole nitrogens is 1. The first-order valence-corrected chi connectivity index (χ1v) is 6.25. The minimum Gasteiger partial charge on any atom is -0.491 e. The average molecular weight is 245 g/mol. The van der Waals surface area contributed by atoms with Gasteiger partial charge in [0.25, 0.3) is 0 Å². The first-order chi connectivity index (χ1) is 8.79. The summed E-state index contributed by atoms with van der Waals surface area (Å²) in [6, 6.07) is 8.14. The highest BCUT2D eigenvalue weighted by Gasteiger charge is 2.04. The smallest absolute Gasteiger partial charge is 0.142 e. The van der Waals surface area contributed by atoms with Crippen LogP contribution in [0.15, 0.2) is 30.5 Å². The van der Waals surface area contributed by atoms with Gasteiger partial charge in [-0.1, -0.05) is 13.0 Å². The lowest BCUT2D eigenvalue weighted by Crippen LogP contribution is -2.04. The largest absolute Gasteiger partial charge is 0.491 e. The summed E-state index contributed by atoms with van der Waals surface area (Å²) in [5.41, 5.74) is 3.27. The molecule has 0 aliphatic rings. The van der Waals surface area contributed by atoms with Gasteiger partial charge in [-0.2, -0.15) is 5.10 Å². The van der Waals surface area contributed by atoms with Crippen LogP contribution in [0.3, 0.4) is 0 Å². The van der Waals surface area contributed by atoms with Crippen molar-refractivity contribution in [3.63, 3.8) is 0 Å². The van der Waals surface area contributed by atoms with E-state index in [1.165, 1.54) is 5.56 Å². The molecule has 2 N–H and O–H groups in total. The summed E-state index contributed by atoms with van der Waals surface area (Å²) in [4.78, 5) is 0. The van der Waals surface area contributed by atoms with Crippen LogP contribution in [0.2, 0.25) is 0 Å². The van der Waals surface area contributed by atoms with Gasteiger partial charge in [-0.05, 0) is 37.1 Å². The predicted molar refractivity (Wildman–Crippen MR) is 72.9 cm³/mol. The lowest BCUT2D eigenvalue weighted by molar-refractivity contribution is 0.318. The van der Waals surface area contributed by atoms with E-state index in [0.29, 0.717) is 6.54 Å². The van der Waals surface area contributed by atoms with Crippen LogP contribution in [0, 0.1) is 6.92 Å². The number of rotatable bonds is 6. The zero-order valence-corrected chi connectivity index (χ0v) is 10.9. The summed E-state index contributed by atoms with van der Waals surface area (Å²) in [6.07, 6.45) is 2.76. The zero-order valence-electron chi connectivity index (χ0n) is 10.9. The summed E-state index contributed by atoms with van der Waals surface area (Å²) in [5.74, 6) is 0.913. The van der Waals surface area contributed by atoms with Crippen LogP contribution in [0.1, 0.15) is 24.6 Å². The van der Waals surface area contributed by atoms with Gasteiger partial charge in [-0.25, -0.2) is 0 Å². The van der Waals surface area contributed by atoms with E-state index in [1.807, 2.05) is 6.07 Å². The van der Waals surface area contributed by atoms with E-state index in [4.69, 9.17) is 4.74 Å². The van der Waals surface area contributed by atoms with Crippen molar-refractivity contribution in [2.24, 2.45) is 0 Å². The third-order valence-electron chi connectivity index (χ3n) is 2.63. The number of hydrogen-bond donors (Lipinski definition) is 2. The molecule has 4 nitrogen and oxygen atoms in total. The van der Waals surface area contributed by atoms with Gasteiger partial charge >= 0.3 is 0 Å². The van der Waals surface area contributed by atoms with Crippen molar-refractivity contribution >= 4 is 5.69 Å². The predicted octanol–water partition coefficient (Wildman–Crippen LogP) is 3.12. The van der Waals surface area contributed by atoms with Crippen LogP contribution in [0.4, 0.5) is 5.69 Å². The quantitative estimate of drug-likeness (QED) is 0.822. The fourth-order valence-electron chi connectivity index (χ4n) is 1.68. The van der Waals surface area contributed by atoms with Crippen molar-refractivity contribution in [2.75, 3.05) is 11.9 Å². The second-order valence-corrected chi connectivity index (χ2v) is 4.28. The minimum atomic E-state index is 0.714. The number of aromatic nitrogens is 2. The molecule has 96 valence electrons. The Balaban J connectivity index is 2.05. The van der Waals surface area contributed by atoms with Gasteiger partial charge in [0.15, 0.2) is 0 Å². The Hall–Kier alpha value is -1.97. The van der Waals surface area contributed by atoms with Crippen molar-refractivity contribution in [1.29, 1.82) is 0 Å². The SMILES string of the molecule is CCCOc1cc(C)ccc1NCc1ccn[nH]1. The Morgan fingerprint density at radius 1 is 1.33 bits per heavy atom. The summed E-state index contributed by atoms with van der Waals surface area (Å²) in [5, 5.41) is 10.2. The Morgan fingerprint density at radius 2 is 2.22 bits per heavy atom. The number of benzene rings is 1. The lowest BCUT2D eigenvalue weighted by Gasteiger charge is -2.13. The highest BCUT2D eigenvalue weighted by atomic mass is 16.5. The van der Waals surface area contributed by atoms with Crippen molar-refractivity contribution < 1.29 is 4.74 Å². The second kappa shape index (κ2) is 6.10. The first-order valence-electron chi connectivity index (χ1n) is 6.25. The van der Waals surface area contributed by atoms with Crippen LogP contribution in [0.25, 0.3) is 0 Å². The molecule has 0 radical (unpaired) electrons. The molecular weight excluding hydrogens is 226 g/mol. The first kappa shape index (κ1) is 12.5. The number of nitrogens with zero attached hydrogens (tertiary/aromatic N) is 1. The van der Waals surface area contributed by atoms with E-state index in [1.54, 1.807) is 6.20 Å². The Kier molecular flexibility index (Phi) is 4.23. The molecule has 0 bridgehead atoms. The maximum absolute atomic E-state index is 5.75. The summed E-state index contributed by atoms with van der Waals surface area (Å²) < 4.78 is 5.75. The molecule has 0 fully saturated rings. The van der Waals surface area contributed by atoms with Gasteiger partial charge in [0.05, 0.1) is 24.5 Å². The van der Waals surface area contributed by atoms with Crippen LogP contribution in [-0.4, -0.2) is 16.8 Å². The van der Waals surface area contributed by atoms with Crippen molar-refractivity contribution in [3.05, 3.63) is 41.7 Å². The van der Waals surface area contributed by atoms with Gasteiger partial charge in [0, 0.05) is 6.20 Å². The van der Waals surface area contributed by atoms with Crippen molar-refractivity contribution in [1.82, 2.24) is 10.2 Å². The van der Waals surface area contributed by atoms with E-state index in [-0.39, 0.29) is 0 Å². The lowest BCUT2D eigenvalue weighted by atomic mass is 10.2. The molecule has 1 aromatic heterocycles. The van der Waals surface area contributed by atoms with Crippen molar-refractivity contribution in [2.45, 2.75) is 26.8 Å². The second-order valence-electron chi connectivity index (χ2n) is 4.28. The number of anilines is 1. The number of hydrogen-bond acceptors (Lipinski definition) is 3. The molecule has 0 aliphatic heterocycles. The zero-order chi connectivity index (χ0) is 12.8. The third-order valence-corrected chi connectivity index (χ3v) is 2.63. The highest BCUT2D eigenvalue weighted by Crippen LogP contribution is 2.26. The number of aryl methyl sites for hydroxylation is 1. The number of aromatic amines is 1. The van der Waals surface area contributed by atoms with E-state index >= 15 is 0 Å². The van der Waals surface area contributed by atoms with Crippen LogP contribution in [0.5, 0.6) is 5.75 Å². The molecule has 2 aromatic rings. The fourth-order valence-corrected chi connectivity index (χ4v) is 1.68. The number of nitrogens with one attached hydrogen (secondary N) is 2. The maximum atomic E-state index is 5.75. The molecule has 18 heavy (non-hydrogen) atoms. The minimum absolute atomic E-state index is 0.714. The third kappa shape index (κ3) is 3.26. The van der Waals surface area contributed by atoms with Gasteiger partial charge < -0.3 is 10.1 Å².